The minimum absolute atomic E-state index is 0.218. The van der Waals surface area contributed by atoms with E-state index < -0.39 is 0 Å². The predicted molar refractivity (Wildman–Crippen MR) is 65.0 cm³/mol. The summed E-state index contributed by atoms with van der Waals surface area (Å²) in [4.78, 5) is 18.9. The van der Waals surface area contributed by atoms with Crippen molar-refractivity contribution in [1.29, 1.82) is 0 Å². The molecule has 0 saturated carbocycles. The van der Waals surface area contributed by atoms with Gasteiger partial charge >= 0.3 is 120 Å². The van der Waals surface area contributed by atoms with E-state index in [0.29, 0.717) is 45.8 Å². The summed E-state index contributed by atoms with van der Waals surface area (Å²) in [5.74, 6) is 0.254. The molecule has 0 radical (unpaired) electrons. The van der Waals surface area contributed by atoms with Crippen LogP contribution in [0.2, 0.25) is 0 Å². The molecule has 1 heterocycles. The first-order valence-corrected chi connectivity index (χ1v) is 8.10. The Balaban J connectivity index is 2.24. The molecule has 0 spiro atoms. The summed E-state index contributed by atoms with van der Waals surface area (Å²) in [5, 5.41) is 0. The number of carbonyl (C=O) groups excluding carboxylic acids is 1. The summed E-state index contributed by atoms with van der Waals surface area (Å²) in [6, 6.07) is 0.218. The third-order valence-electron chi connectivity index (χ3n) is 3.12. The third kappa shape index (κ3) is 5.63. The van der Waals surface area contributed by atoms with Gasteiger partial charge in [-0.05, 0) is 0 Å². The van der Waals surface area contributed by atoms with Crippen molar-refractivity contribution in [3.8, 4) is 0 Å². The number of nitrogens with zero attached hydrogens (tertiary/aromatic N) is 1. The molecule has 5 nitrogen and oxygen atoms in total. The molecule has 17 heavy (non-hydrogen) atoms. The SMILES string of the molecule is NCCCCCC(=O)N1CCCC1CO[O][Tl]. The number of unbranched alkanes of at least 4 members (excludes halogenated alkanes) is 2. The van der Waals surface area contributed by atoms with Gasteiger partial charge in [-0.25, -0.2) is 0 Å². The van der Waals surface area contributed by atoms with Crippen molar-refractivity contribution in [1.82, 2.24) is 4.90 Å². The molecule has 1 aliphatic rings. The first-order chi connectivity index (χ1) is 8.29. The summed E-state index contributed by atoms with van der Waals surface area (Å²) in [6.07, 6.45) is 5.74. The minimum atomic E-state index is 0.218. The second-order valence-corrected chi connectivity index (χ2v) is 5.11. The molecule has 0 aromatic rings. The van der Waals surface area contributed by atoms with Gasteiger partial charge in [0.25, 0.3) is 0 Å². The van der Waals surface area contributed by atoms with Crippen molar-refractivity contribution < 1.29 is 12.5 Å². The normalized spacial score (nSPS) is 19.8. The van der Waals surface area contributed by atoms with Gasteiger partial charge in [0.15, 0.2) is 0 Å². The van der Waals surface area contributed by atoms with E-state index in [1.807, 2.05) is 4.90 Å². The Morgan fingerprint density at radius 1 is 1.41 bits per heavy atom. The van der Waals surface area contributed by atoms with Gasteiger partial charge in [-0.1, -0.05) is 0 Å². The van der Waals surface area contributed by atoms with E-state index in [0.717, 1.165) is 38.6 Å². The van der Waals surface area contributed by atoms with Gasteiger partial charge in [0.1, 0.15) is 0 Å². The van der Waals surface area contributed by atoms with Crippen LogP contribution in [0.1, 0.15) is 38.5 Å². The molecule has 0 aliphatic carbocycles. The van der Waals surface area contributed by atoms with Crippen molar-refractivity contribution >= 4 is 32.1 Å². The van der Waals surface area contributed by atoms with Crippen LogP contribution in [-0.2, 0) is 12.5 Å². The number of nitrogens with two attached hydrogens (primary N) is 1. The number of likely N-dealkylation sites (tertiary alicyclic amines) is 1. The second kappa shape index (κ2) is 9.24. The van der Waals surface area contributed by atoms with E-state index in [1.165, 1.54) is 0 Å². The van der Waals surface area contributed by atoms with E-state index in [9.17, 15) is 4.79 Å². The van der Waals surface area contributed by atoms with E-state index in [4.69, 9.17) is 13.5 Å². The molecule has 0 aromatic carbocycles. The Morgan fingerprint density at radius 2 is 2.24 bits per heavy atom. The summed E-state index contributed by atoms with van der Waals surface area (Å²) < 4.78 is 4.76. The Hall–Kier alpha value is 0.272. The molecule has 96 valence electrons. The first kappa shape index (κ1) is 15.3. The Morgan fingerprint density at radius 3 is 2.94 bits per heavy atom. The maximum absolute atomic E-state index is 12.0. The first-order valence-electron chi connectivity index (χ1n) is 6.27. The number of rotatable bonds is 8. The predicted octanol–water partition coefficient (Wildman–Crippen LogP) is 0.528. The third-order valence-corrected chi connectivity index (χ3v) is 3.65. The van der Waals surface area contributed by atoms with Crippen LogP contribution in [0.25, 0.3) is 0 Å². The number of amides is 1. The molecular weight excluding hydrogens is 413 g/mol. The molecule has 1 aliphatic heterocycles. The van der Waals surface area contributed by atoms with Crippen molar-refractivity contribution in [3.63, 3.8) is 0 Å². The molecule has 1 fully saturated rings. The molecular formula is C11H21N2O3Tl. The van der Waals surface area contributed by atoms with Crippen LogP contribution in [0.4, 0.5) is 0 Å². The van der Waals surface area contributed by atoms with Crippen LogP contribution in [0.15, 0.2) is 0 Å². The van der Waals surface area contributed by atoms with Crippen LogP contribution in [0, 0.1) is 0 Å². The molecule has 1 saturated heterocycles. The monoisotopic (exact) mass is 434 g/mol. The summed E-state index contributed by atoms with van der Waals surface area (Å²) >= 11 is 0.391. The van der Waals surface area contributed by atoms with Crippen molar-refractivity contribution in [2.45, 2.75) is 44.6 Å². The van der Waals surface area contributed by atoms with Gasteiger partial charge in [0.05, 0.1) is 0 Å². The van der Waals surface area contributed by atoms with Crippen molar-refractivity contribution in [2.24, 2.45) is 5.73 Å². The van der Waals surface area contributed by atoms with Crippen molar-refractivity contribution in [2.75, 3.05) is 19.7 Å². The second-order valence-electron chi connectivity index (χ2n) is 4.36. The standard InChI is InChI=1S/C11H22N2O3.Tl/c12-7-3-1-2-6-11(14)13-8-4-5-10(13)9-16-15;/h10,15H,1-9,12H2;/q;+1/p-1. The van der Waals surface area contributed by atoms with Crippen LogP contribution in [0.3, 0.4) is 0 Å². The molecule has 6 heteroatoms. The average molecular weight is 434 g/mol. The fourth-order valence-electron chi connectivity index (χ4n) is 2.20. The van der Waals surface area contributed by atoms with E-state index in [-0.39, 0.29) is 11.9 Å². The molecule has 1 atom stereocenters. The summed E-state index contributed by atoms with van der Waals surface area (Å²) in [5.41, 5.74) is 5.42. The summed E-state index contributed by atoms with van der Waals surface area (Å²) in [7, 11) is 0. The maximum atomic E-state index is 12.0. The fraction of sp³-hybridized carbons (Fsp3) is 0.909. The van der Waals surface area contributed by atoms with Crippen LogP contribution in [-0.4, -0.2) is 62.8 Å². The van der Waals surface area contributed by atoms with E-state index in [2.05, 4.69) is 0 Å². The molecule has 1 rings (SSSR count). The molecule has 2 N–H and O–H groups in total. The van der Waals surface area contributed by atoms with Gasteiger partial charge in [0.2, 0.25) is 0 Å². The number of hydrogen-bond donors (Lipinski definition) is 1. The van der Waals surface area contributed by atoms with Gasteiger partial charge < -0.3 is 0 Å². The zero-order chi connectivity index (χ0) is 12.5. The van der Waals surface area contributed by atoms with Crippen LogP contribution >= 0.6 is 0 Å². The van der Waals surface area contributed by atoms with Gasteiger partial charge in [-0.2, -0.15) is 0 Å². The van der Waals surface area contributed by atoms with E-state index >= 15 is 0 Å². The Labute approximate surface area is 119 Å². The topological polar surface area (TPSA) is 64.8 Å². The zero-order valence-corrected chi connectivity index (χ0v) is 14.8. The molecule has 1 amide bonds. The quantitative estimate of drug-likeness (QED) is 0.262. The summed E-state index contributed by atoms with van der Waals surface area (Å²) in [6.45, 7) is 2.10. The van der Waals surface area contributed by atoms with Crippen LogP contribution < -0.4 is 5.73 Å². The zero-order valence-electron chi connectivity index (χ0n) is 10.3. The number of hydrogen-bond acceptors (Lipinski definition) is 4. The van der Waals surface area contributed by atoms with Crippen LogP contribution in [0.5, 0.6) is 0 Å². The molecule has 0 bridgehead atoms. The van der Waals surface area contributed by atoms with Gasteiger partial charge in [-0.3, -0.25) is 0 Å². The van der Waals surface area contributed by atoms with Crippen molar-refractivity contribution in [3.05, 3.63) is 0 Å². The average Bonchev–Trinajstić information content (AvgIpc) is 2.80. The van der Waals surface area contributed by atoms with E-state index in [1.54, 1.807) is 0 Å². The fourth-order valence-corrected chi connectivity index (χ4v) is 2.50. The Bertz CT molecular complexity index is 229. The molecule has 0 aromatic heterocycles. The van der Waals surface area contributed by atoms with Gasteiger partial charge in [0, 0.05) is 0 Å². The Kier molecular flexibility index (Phi) is 8.33. The van der Waals surface area contributed by atoms with Gasteiger partial charge in [-0.15, -0.1) is 0 Å². The molecule has 1 unspecified atom stereocenters. The number of carbonyl (C=O) groups is 1.